The van der Waals surface area contributed by atoms with Crippen molar-refractivity contribution >= 4 is 39.0 Å². The predicted octanol–water partition coefficient (Wildman–Crippen LogP) is 1.84. The highest BCUT2D eigenvalue weighted by Crippen LogP contribution is 2.24. The van der Waals surface area contributed by atoms with Crippen molar-refractivity contribution in [1.29, 1.82) is 0 Å². The third-order valence-corrected chi connectivity index (χ3v) is 8.36. The fourth-order valence-electron chi connectivity index (χ4n) is 3.82. The lowest BCUT2D eigenvalue weighted by molar-refractivity contribution is -0.129. The molecule has 190 valence electrons. The average molecular weight is 523 g/mol. The maximum absolute atomic E-state index is 13.1. The molecule has 10 nitrogen and oxygen atoms in total. The second-order valence-electron chi connectivity index (χ2n) is 8.90. The van der Waals surface area contributed by atoms with Gasteiger partial charge in [0.1, 0.15) is 6.04 Å². The molecule has 1 fully saturated rings. The lowest BCUT2D eigenvalue weighted by Crippen LogP contribution is -2.52. The molecule has 1 unspecified atom stereocenters. The Morgan fingerprint density at radius 2 is 2.03 bits per heavy atom. The van der Waals surface area contributed by atoms with Crippen molar-refractivity contribution < 1.29 is 27.9 Å². The van der Waals surface area contributed by atoms with Crippen molar-refractivity contribution in [2.24, 2.45) is 5.92 Å². The highest BCUT2D eigenvalue weighted by atomic mass is 32.2. The molecule has 3 heterocycles. The second-order valence-corrected chi connectivity index (χ2v) is 12.0. The van der Waals surface area contributed by atoms with Gasteiger partial charge in [-0.25, -0.2) is 13.4 Å². The van der Waals surface area contributed by atoms with E-state index in [0.717, 1.165) is 9.18 Å². The number of nitrogens with one attached hydrogen (secondary N) is 2. The maximum atomic E-state index is 13.1. The molecule has 3 rings (SSSR count). The number of thiophene rings is 1. The van der Waals surface area contributed by atoms with Gasteiger partial charge in [-0.05, 0) is 56.4 Å². The van der Waals surface area contributed by atoms with Crippen LogP contribution in [-0.4, -0.2) is 65.6 Å². The molecule has 12 heteroatoms. The van der Waals surface area contributed by atoms with Gasteiger partial charge in [0.25, 0.3) is 15.9 Å². The Morgan fingerprint density at radius 3 is 2.66 bits per heavy atom. The van der Waals surface area contributed by atoms with E-state index in [-0.39, 0.29) is 24.8 Å². The van der Waals surface area contributed by atoms with Crippen LogP contribution in [0, 0.1) is 12.8 Å². The van der Waals surface area contributed by atoms with E-state index in [2.05, 4.69) is 15.6 Å². The Morgan fingerprint density at radius 1 is 1.29 bits per heavy atom. The Kier molecular flexibility index (Phi) is 8.62. The zero-order valence-corrected chi connectivity index (χ0v) is 21.5. The molecule has 0 bridgehead atoms. The largest absolute Gasteiger partial charge is 0.505 e. The highest BCUT2D eigenvalue weighted by molar-refractivity contribution is 7.89. The molecule has 35 heavy (non-hydrogen) atoms. The average Bonchev–Trinajstić information content (AvgIpc) is 3.14. The number of pyridine rings is 1. The van der Waals surface area contributed by atoms with Gasteiger partial charge in [0.15, 0.2) is 11.5 Å². The lowest BCUT2D eigenvalue weighted by Gasteiger charge is -2.23. The van der Waals surface area contributed by atoms with Gasteiger partial charge in [0.2, 0.25) is 10.9 Å². The topological polar surface area (TPSA) is 146 Å². The number of sulfonamides is 1. The first-order valence-electron chi connectivity index (χ1n) is 11.3. The highest BCUT2D eigenvalue weighted by Gasteiger charge is 2.36. The van der Waals surface area contributed by atoms with Crippen LogP contribution in [0.3, 0.4) is 0 Å². The van der Waals surface area contributed by atoms with Gasteiger partial charge >= 0.3 is 0 Å². The van der Waals surface area contributed by atoms with Gasteiger partial charge in [0.05, 0.1) is 17.5 Å². The van der Waals surface area contributed by atoms with E-state index in [0.29, 0.717) is 17.7 Å². The Balaban J connectivity index is 1.70. The first kappa shape index (κ1) is 26.8. The fraction of sp³-hybridized carbons (Fsp3) is 0.478. The van der Waals surface area contributed by atoms with E-state index in [9.17, 15) is 27.9 Å². The van der Waals surface area contributed by atoms with Gasteiger partial charge < -0.3 is 15.7 Å². The summed E-state index contributed by atoms with van der Waals surface area (Å²) in [6.07, 6.45) is 2.19. The summed E-state index contributed by atoms with van der Waals surface area (Å²) in [6.45, 7) is 5.32. The molecular formula is C23H30N4O6S2. The summed E-state index contributed by atoms with van der Waals surface area (Å²) in [5.41, 5.74) is 0. The number of aromatic nitrogens is 1. The summed E-state index contributed by atoms with van der Waals surface area (Å²) in [5.74, 6) is -1.71. The monoisotopic (exact) mass is 522 g/mol. The third kappa shape index (κ3) is 6.65. The predicted molar refractivity (Wildman–Crippen MR) is 131 cm³/mol. The van der Waals surface area contributed by atoms with Crippen LogP contribution in [0.15, 0.2) is 35.5 Å². The summed E-state index contributed by atoms with van der Waals surface area (Å²) in [7, 11) is -4.19. The molecule has 0 spiro atoms. The Bertz CT molecular complexity index is 1190. The number of ketones is 1. The standard InChI is InChI=1S/C23H30N4O6S2/c1-14(2)12-17(26-22(31)20-9-8-15(3)34-20)21(30)25-16-6-5-11-27(13-19(16)29)35(32,33)23-18(28)7-4-10-24-23/h4,7-10,14,16-17,28H,5-6,11-13H2,1-3H3,(H,25,30)(H,26,31)/t16-,17?/m0/s1. The Hall–Kier alpha value is -2.83. The number of aromatic hydroxyl groups is 1. The number of carbonyl (C=O) groups excluding carboxylic acids is 3. The van der Waals surface area contributed by atoms with Crippen LogP contribution < -0.4 is 10.6 Å². The van der Waals surface area contributed by atoms with Crippen LogP contribution >= 0.6 is 11.3 Å². The first-order chi connectivity index (χ1) is 16.5. The summed E-state index contributed by atoms with van der Waals surface area (Å²) >= 11 is 1.33. The fourth-order valence-corrected chi connectivity index (χ4v) is 6.03. The number of carbonyl (C=O) groups is 3. The molecule has 2 aromatic rings. The maximum Gasteiger partial charge on any atom is 0.264 e. The van der Waals surface area contributed by atoms with E-state index >= 15 is 0 Å². The van der Waals surface area contributed by atoms with Gasteiger partial charge in [-0.3, -0.25) is 14.4 Å². The second kappa shape index (κ2) is 11.3. The van der Waals surface area contributed by atoms with Gasteiger partial charge in [-0.1, -0.05) is 13.8 Å². The van der Waals surface area contributed by atoms with E-state index in [1.165, 1.54) is 29.7 Å². The summed E-state index contributed by atoms with van der Waals surface area (Å²) in [6, 6.07) is 4.40. The number of rotatable bonds is 8. The van der Waals surface area contributed by atoms with Gasteiger partial charge in [-0.2, -0.15) is 4.31 Å². The number of nitrogens with zero attached hydrogens (tertiary/aromatic N) is 2. The SMILES string of the molecule is Cc1ccc(C(=O)NC(CC(C)C)C(=O)N[C@H]2CCCN(S(=O)(=O)c3ncccc3O)CC2=O)s1. The molecule has 2 amide bonds. The molecule has 1 aliphatic rings. The van der Waals surface area contributed by atoms with Gasteiger partial charge in [0, 0.05) is 17.6 Å². The van der Waals surface area contributed by atoms with E-state index < -0.39 is 51.1 Å². The molecule has 2 aromatic heterocycles. The minimum atomic E-state index is -4.19. The smallest absolute Gasteiger partial charge is 0.264 e. The van der Waals surface area contributed by atoms with Crippen LogP contribution in [0.4, 0.5) is 0 Å². The minimum absolute atomic E-state index is 0.0420. The normalized spacial score (nSPS) is 18.2. The number of aryl methyl sites for hydroxylation is 1. The molecule has 0 aromatic carbocycles. The van der Waals surface area contributed by atoms with E-state index in [1.807, 2.05) is 26.8 Å². The van der Waals surface area contributed by atoms with Crippen LogP contribution in [0.25, 0.3) is 0 Å². The molecule has 0 aliphatic carbocycles. The molecular weight excluding hydrogens is 492 g/mol. The minimum Gasteiger partial charge on any atom is -0.505 e. The molecule has 1 saturated heterocycles. The van der Waals surface area contributed by atoms with Crippen molar-refractivity contribution in [3.05, 3.63) is 40.2 Å². The van der Waals surface area contributed by atoms with Crippen LogP contribution in [0.2, 0.25) is 0 Å². The van der Waals surface area contributed by atoms with Crippen molar-refractivity contribution in [3.8, 4) is 5.75 Å². The molecule has 3 N–H and O–H groups in total. The molecule has 1 aliphatic heterocycles. The summed E-state index contributed by atoms with van der Waals surface area (Å²) in [4.78, 5) is 43.9. The number of hydrogen-bond acceptors (Lipinski definition) is 8. The van der Waals surface area contributed by atoms with Gasteiger partial charge in [-0.15, -0.1) is 11.3 Å². The van der Waals surface area contributed by atoms with Crippen LogP contribution in [0.1, 0.15) is 47.7 Å². The molecule has 0 saturated carbocycles. The first-order valence-corrected chi connectivity index (χ1v) is 13.6. The zero-order chi connectivity index (χ0) is 25.8. The lowest BCUT2D eigenvalue weighted by atomic mass is 10.0. The van der Waals surface area contributed by atoms with Crippen molar-refractivity contribution in [1.82, 2.24) is 19.9 Å². The number of amides is 2. The quantitative estimate of drug-likeness (QED) is 0.479. The van der Waals surface area contributed by atoms with Crippen LogP contribution in [0.5, 0.6) is 5.75 Å². The van der Waals surface area contributed by atoms with Crippen molar-refractivity contribution in [2.75, 3.05) is 13.1 Å². The number of Topliss-reactive ketones (excluding diaryl/α,β-unsaturated/α-hetero) is 1. The third-order valence-electron chi connectivity index (χ3n) is 5.57. The van der Waals surface area contributed by atoms with E-state index in [4.69, 9.17) is 0 Å². The molecule has 2 atom stereocenters. The Labute approximate surface area is 208 Å². The summed E-state index contributed by atoms with van der Waals surface area (Å²) in [5, 5.41) is 14.9. The number of hydrogen-bond donors (Lipinski definition) is 3. The van der Waals surface area contributed by atoms with Crippen molar-refractivity contribution in [2.45, 2.75) is 57.1 Å². The summed E-state index contributed by atoms with van der Waals surface area (Å²) < 4.78 is 26.8. The zero-order valence-electron chi connectivity index (χ0n) is 19.9. The van der Waals surface area contributed by atoms with Crippen molar-refractivity contribution in [3.63, 3.8) is 0 Å². The molecule has 0 radical (unpaired) electrons. The van der Waals surface area contributed by atoms with Crippen LogP contribution in [-0.2, 0) is 19.6 Å². The van der Waals surface area contributed by atoms with E-state index in [1.54, 1.807) is 6.07 Å².